The van der Waals surface area contributed by atoms with Gasteiger partial charge in [0.2, 0.25) is 0 Å². The second-order valence-electron chi connectivity index (χ2n) is 4.54. The second kappa shape index (κ2) is 7.26. The number of hydrogen-bond acceptors (Lipinski definition) is 6. The number of rotatable bonds is 6. The smallest absolute Gasteiger partial charge is 0.341 e. The van der Waals surface area contributed by atoms with E-state index in [0.717, 1.165) is 11.6 Å². The van der Waals surface area contributed by atoms with Gasteiger partial charge >= 0.3 is 11.7 Å². The zero-order valence-corrected chi connectivity index (χ0v) is 12.6. The Hall–Kier alpha value is -3.09. The quantitative estimate of drug-likeness (QED) is 0.462. The highest BCUT2D eigenvalue weighted by atomic mass is 16.6. The van der Waals surface area contributed by atoms with Crippen LogP contribution < -0.4 is 9.47 Å². The van der Waals surface area contributed by atoms with Crippen molar-refractivity contribution in [2.45, 2.75) is 6.61 Å². The molecule has 0 radical (unpaired) electrons. The first kappa shape index (κ1) is 16.3. The van der Waals surface area contributed by atoms with Gasteiger partial charge in [-0.05, 0) is 5.56 Å². The normalized spacial score (nSPS) is 10.0. The molecule has 7 heteroatoms. The minimum Gasteiger partial charge on any atom is -0.490 e. The summed E-state index contributed by atoms with van der Waals surface area (Å²) in [5, 5.41) is 11.1. The number of nitro groups is 1. The van der Waals surface area contributed by atoms with Crippen molar-refractivity contribution in [1.29, 1.82) is 0 Å². The Bertz CT molecular complexity index is 714. The Morgan fingerprint density at radius 1 is 1.13 bits per heavy atom. The van der Waals surface area contributed by atoms with E-state index in [1.165, 1.54) is 20.3 Å². The summed E-state index contributed by atoms with van der Waals surface area (Å²) in [6, 6.07) is 11.6. The van der Waals surface area contributed by atoms with Crippen molar-refractivity contribution in [2.24, 2.45) is 0 Å². The summed E-state index contributed by atoms with van der Waals surface area (Å²) in [7, 11) is 2.51. The lowest BCUT2D eigenvalue weighted by Gasteiger charge is -2.12. The zero-order chi connectivity index (χ0) is 16.8. The molecular formula is C16H15NO6. The topological polar surface area (TPSA) is 87.9 Å². The van der Waals surface area contributed by atoms with Gasteiger partial charge in [0.15, 0.2) is 5.75 Å². The molecule has 0 amide bonds. The fourth-order valence-electron chi connectivity index (χ4n) is 1.98. The van der Waals surface area contributed by atoms with E-state index in [1.54, 1.807) is 0 Å². The van der Waals surface area contributed by atoms with Gasteiger partial charge < -0.3 is 14.2 Å². The molecule has 2 rings (SSSR count). The van der Waals surface area contributed by atoms with Crippen LogP contribution in [-0.2, 0) is 11.3 Å². The van der Waals surface area contributed by atoms with Gasteiger partial charge in [-0.1, -0.05) is 30.3 Å². The standard InChI is InChI=1S/C16H15NO6/c1-21-15-8-12(16(18)22-2)14(9-13(15)17(19)20)23-10-11-6-4-3-5-7-11/h3-9H,10H2,1-2H3. The molecule has 0 fully saturated rings. The molecule has 0 aliphatic rings. The fourth-order valence-corrected chi connectivity index (χ4v) is 1.98. The molecule has 0 heterocycles. The Labute approximate surface area is 132 Å². The summed E-state index contributed by atoms with van der Waals surface area (Å²) in [6.07, 6.45) is 0. The molecule has 0 atom stereocenters. The highest BCUT2D eigenvalue weighted by Gasteiger charge is 2.24. The van der Waals surface area contributed by atoms with Gasteiger partial charge in [0, 0.05) is 6.07 Å². The largest absolute Gasteiger partial charge is 0.490 e. The second-order valence-corrected chi connectivity index (χ2v) is 4.54. The molecule has 0 unspecified atom stereocenters. The van der Waals surface area contributed by atoms with Gasteiger partial charge in [-0.3, -0.25) is 10.1 Å². The van der Waals surface area contributed by atoms with Crippen LogP contribution in [0.4, 0.5) is 5.69 Å². The van der Waals surface area contributed by atoms with Crippen LogP contribution in [0.15, 0.2) is 42.5 Å². The molecule has 7 nitrogen and oxygen atoms in total. The van der Waals surface area contributed by atoms with Crippen LogP contribution in [0.25, 0.3) is 0 Å². The SMILES string of the molecule is COC(=O)c1cc(OC)c([N+](=O)[O-])cc1OCc1ccccc1. The maximum atomic E-state index is 11.9. The molecule has 0 aliphatic carbocycles. The van der Waals surface area contributed by atoms with Crippen LogP contribution in [0.5, 0.6) is 11.5 Å². The summed E-state index contributed by atoms with van der Waals surface area (Å²) in [4.78, 5) is 22.4. The molecule has 0 spiro atoms. The molecule has 0 saturated carbocycles. The summed E-state index contributed by atoms with van der Waals surface area (Å²) < 4.78 is 15.2. The van der Waals surface area contributed by atoms with E-state index in [0.29, 0.717) is 0 Å². The highest BCUT2D eigenvalue weighted by molar-refractivity contribution is 5.93. The fraction of sp³-hybridized carbons (Fsp3) is 0.188. The minimum atomic E-state index is -0.666. The van der Waals surface area contributed by atoms with Gasteiger partial charge in [-0.15, -0.1) is 0 Å². The predicted molar refractivity (Wildman–Crippen MR) is 81.8 cm³/mol. The van der Waals surface area contributed by atoms with E-state index in [9.17, 15) is 14.9 Å². The number of methoxy groups -OCH3 is 2. The van der Waals surface area contributed by atoms with E-state index in [-0.39, 0.29) is 29.4 Å². The van der Waals surface area contributed by atoms with E-state index < -0.39 is 10.9 Å². The Balaban J connectivity index is 2.40. The average Bonchev–Trinajstić information content (AvgIpc) is 2.59. The predicted octanol–water partition coefficient (Wildman–Crippen LogP) is 2.97. The van der Waals surface area contributed by atoms with Crippen LogP contribution in [0.3, 0.4) is 0 Å². The summed E-state index contributed by atoms with van der Waals surface area (Å²) in [6.45, 7) is 0.161. The van der Waals surface area contributed by atoms with Crippen LogP contribution >= 0.6 is 0 Å². The van der Waals surface area contributed by atoms with Crippen molar-refractivity contribution in [3.05, 3.63) is 63.7 Å². The van der Waals surface area contributed by atoms with Crippen LogP contribution in [0.1, 0.15) is 15.9 Å². The minimum absolute atomic E-state index is 0.0394. The Morgan fingerprint density at radius 2 is 1.83 bits per heavy atom. The number of benzene rings is 2. The van der Waals surface area contributed by atoms with Crippen molar-refractivity contribution in [2.75, 3.05) is 14.2 Å². The highest BCUT2D eigenvalue weighted by Crippen LogP contribution is 2.35. The number of esters is 1. The third-order valence-corrected chi connectivity index (χ3v) is 3.12. The van der Waals surface area contributed by atoms with E-state index in [4.69, 9.17) is 9.47 Å². The third-order valence-electron chi connectivity index (χ3n) is 3.12. The molecule has 0 aromatic heterocycles. The molecular weight excluding hydrogens is 302 g/mol. The van der Waals surface area contributed by atoms with Gasteiger partial charge in [0.05, 0.1) is 25.2 Å². The zero-order valence-electron chi connectivity index (χ0n) is 12.6. The van der Waals surface area contributed by atoms with E-state index in [1.807, 2.05) is 30.3 Å². The van der Waals surface area contributed by atoms with Crippen molar-refractivity contribution < 1.29 is 23.9 Å². The van der Waals surface area contributed by atoms with Gasteiger partial charge in [-0.2, -0.15) is 0 Å². The van der Waals surface area contributed by atoms with Gasteiger partial charge in [0.25, 0.3) is 0 Å². The lowest BCUT2D eigenvalue weighted by atomic mass is 10.1. The summed E-state index contributed by atoms with van der Waals surface area (Å²) >= 11 is 0. The third kappa shape index (κ3) is 3.76. The number of hydrogen-bond donors (Lipinski definition) is 0. The van der Waals surface area contributed by atoms with Crippen LogP contribution in [-0.4, -0.2) is 25.1 Å². The number of carbonyl (C=O) groups excluding carboxylic acids is 1. The van der Waals surface area contributed by atoms with Gasteiger partial charge in [0.1, 0.15) is 17.9 Å². The molecule has 2 aromatic carbocycles. The first-order chi connectivity index (χ1) is 11.1. The lowest BCUT2D eigenvalue weighted by Crippen LogP contribution is -2.07. The maximum absolute atomic E-state index is 11.9. The average molecular weight is 317 g/mol. The molecule has 120 valence electrons. The maximum Gasteiger partial charge on any atom is 0.341 e. The number of carbonyl (C=O) groups is 1. The molecule has 23 heavy (non-hydrogen) atoms. The van der Waals surface area contributed by atoms with E-state index >= 15 is 0 Å². The monoisotopic (exact) mass is 317 g/mol. The van der Waals surface area contributed by atoms with Crippen molar-refractivity contribution >= 4 is 11.7 Å². The lowest BCUT2D eigenvalue weighted by molar-refractivity contribution is -0.385. The first-order valence-corrected chi connectivity index (χ1v) is 6.68. The summed E-state index contributed by atoms with van der Waals surface area (Å²) in [5.41, 5.74) is 0.635. The summed E-state index contributed by atoms with van der Waals surface area (Å²) in [5.74, 6) is -0.642. The molecule has 2 aromatic rings. The van der Waals surface area contributed by atoms with Crippen LogP contribution in [0.2, 0.25) is 0 Å². The van der Waals surface area contributed by atoms with Crippen LogP contribution in [0, 0.1) is 10.1 Å². The van der Waals surface area contributed by atoms with Crippen molar-refractivity contribution in [3.8, 4) is 11.5 Å². The Morgan fingerprint density at radius 3 is 2.39 bits per heavy atom. The molecule has 0 saturated heterocycles. The van der Waals surface area contributed by atoms with E-state index in [2.05, 4.69) is 4.74 Å². The molecule has 0 N–H and O–H groups in total. The number of nitrogens with zero attached hydrogens (tertiary/aromatic N) is 1. The van der Waals surface area contributed by atoms with Gasteiger partial charge in [-0.25, -0.2) is 4.79 Å². The van der Waals surface area contributed by atoms with Crippen molar-refractivity contribution in [3.63, 3.8) is 0 Å². The molecule has 0 bridgehead atoms. The number of nitro benzene ring substituents is 1. The molecule has 0 aliphatic heterocycles. The Kier molecular flexibility index (Phi) is 5.14. The number of ether oxygens (including phenoxy) is 3. The van der Waals surface area contributed by atoms with Crippen molar-refractivity contribution in [1.82, 2.24) is 0 Å². The first-order valence-electron chi connectivity index (χ1n) is 6.68.